The molecule has 1 aliphatic rings. The predicted octanol–water partition coefficient (Wildman–Crippen LogP) is 4.28. The molecule has 1 fully saturated rings. The Balaban J connectivity index is 1.99. The highest BCUT2D eigenvalue weighted by molar-refractivity contribution is 9.09. The van der Waals surface area contributed by atoms with Crippen LogP contribution in [0.5, 0.6) is 5.75 Å². The summed E-state index contributed by atoms with van der Waals surface area (Å²) in [5.74, 6) is 1.64. The monoisotopic (exact) mass is 373 g/mol. The molecule has 5 heteroatoms. The van der Waals surface area contributed by atoms with Gasteiger partial charge in [0.2, 0.25) is 0 Å². The van der Waals surface area contributed by atoms with Gasteiger partial charge >= 0.3 is 0 Å². The van der Waals surface area contributed by atoms with Crippen molar-refractivity contribution in [2.75, 3.05) is 19.0 Å². The van der Waals surface area contributed by atoms with Crippen molar-refractivity contribution in [1.29, 1.82) is 0 Å². The lowest BCUT2D eigenvalue weighted by Crippen LogP contribution is -2.35. The molecule has 1 aromatic rings. The van der Waals surface area contributed by atoms with Gasteiger partial charge in [-0.05, 0) is 42.9 Å². The molecule has 21 heavy (non-hydrogen) atoms. The van der Waals surface area contributed by atoms with Crippen LogP contribution in [0.3, 0.4) is 0 Å². The van der Waals surface area contributed by atoms with Gasteiger partial charge in [0.1, 0.15) is 5.75 Å². The fourth-order valence-corrected chi connectivity index (χ4v) is 3.96. The van der Waals surface area contributed by atoms with Crippen LogP contribution in [0.25, 0.3) is 0 Å². The largest absolute Gasteiger partial charge is 0.496 e. The molecule has 116 valence electrons. The number of rotatable bonds is 5. The van der Waals surface area contributed by atoms with E-state index in [1.807, 2.05) is 0 Å². The number of hydrogen-bond donors (Lipinski definition) is 1. The third-order valence-electron chi connectivity index (χ3n) is 4.20. The molecule has 1 aliphatic carbocycles. The van der Waals surface area contributed by atoms with Gasteiger partial charge in [-0.1, -0.05) is 40.4 Å². The molecule has 2 atom stereocenters. The molecule has 3 nitrogen and oxygen atoms in total. The Hall–Kier alpha value is -0.740. The second-order valence-electron chi connectivity index (χ2n) is 5.51. The molecule has 0 radical (unpaired) electrons. The van der Waals surface area contributed by atoms with E-state index in [4.69, 9.17) is 16.3 Å². The number of ether oxygens (including phenoxy) is 1. The van der Waals surface area contributed by atoms with Crippen molar-refractivity contribution < 1.29 is 9.53 Å². The molecular formula is C16H21BrClNO2. The van der Waals surface area contributed by atoms with Crippen molar-refractivity contribution in [3.63, 3.8) is 0 Å². The molecule has 0 spiro atoms. The molecule has 2 rings (SSSR count). The van der Waals surface area contributed by atoms with Crippen LogP contribution >= 0.6 is 27.5 Å². The Kier molecular flexibility index (Phi) is 6.37. The molecule has 2 unspecified atom stereocenters. The molecule has 0 saturated heterocycles. The minimum atomic E-state index is -0.117. The summed E-state index contributed by atoms with van der Waals surface area (Å²) in [6.45, 7) is 0.713. The van der Waals surface area contributed by atoms with E-state index in [-0.39, 0.29) is 5.91 Å². The molecule has 0 heterocycles. The molecule has 1 N–H and O–H groups in total. The lowest BCUT2D eigenvalue weighted by atomic mass is 9.80. The standard InChI is InChI=1S/C16H21BrClNO2/c1-21-15-7-6-13(18)8-14(15)16(20)19-10-12-5-3-2-4-11(12)9-17/h6-8,11-12H,2-5,9-10H2,1H3,(H,19,20). The number of carbonyl (C=O) groups is 1. The van der Waals surface area contributed by atoms with Gasteiger partial charge in [-0.15, -0.1) is 0 Å². The molecule has 0 aromatic heterocycles. The normalized spacial score (nSPS) is 21.9. The fraction of sp³-hybridized carbons (Fsp3) is 0.562. The zero-order valence-electron chi connectivity index (χ0n) is 12.2. The van der Waals surface area contributed by atoms with E-state index in [0.29, 0.717) is 34.7 Å². The Labute approximate surface area is 139 Å². The first-order chi connectivity index (χ1) is 10.2. The topological polar surface area (TPSA) is 38.3 Å². The van der Waals surface area contributed by atoms with Crippen LogP contribution < -0.4 is 10.1 Å². The van der Waals surface area contributed by atoms with E-state index in [9.17, 15) is 4.79 Å². The first-order valence-electron chi connectivity index (χ1n) is 7.33. The Morgan fingerprint density at radius 2 is 2.10 bits per heavy atom. The Morgan fingerprint density at radius 1 is 1.38 bits per heavy atom. The number of carbonyl (C=O) groups excluding carboxylic acids is 1. The predicted molar refractivity (Wildman–Crippen MR) is 89.6 cm³/mol. The Morgan fingerprint density at radius 3 is 2.76 bits per heavy atom. The van der Waals surface area contributed by atoms with Gasteiger partial charge in [0, 0.05) is 16.9 Å². The highest BCUT2D eigenvalue weighted by atomic mass is 79.9. The van der Waals surface area contributed by atoms with Crippen LogP contribution in [-0.2, 0) is 0 Å². The minimum absolute atomic E-state index is 0.117. The van der Waals surface area contributed by atoms with Gasteiger partial charge in [-0.2, -0.15) is 0 Å². The quantitative estimate of drug-likeness (QED) is 0.781. The summed E-state index contributed by atoms with van der Waals surface area (Å²) in [4.78, 5) is 12.4. The number of halogens is 2. The van der Waals surface area contributed by atoms with E-state index in [2.05, 4.69) is 21.2 Å². The third-order valence-corrected chi connectivity index (χ3v) is 5.26. The first-order valence-corrected chi connectivity index (χ1v) is 8.83. The summed E-state index contributed by atoms with van der Waals surface area (Å²) in [7, 11) is 1.56. The van der Waals surface area contributed by atoms with E-state index < -0.39 is 0 Å². The van der Waals surface area contributed by atoms with Crippen molar-refractivity contribution in [1.82, 2.24) is 5.32 Å². The smallest absolute Gasteiger partial charge is 0.255 e. The van der Waals surface area contributed by atoms with Crippen molar-refractivity contribution in [2.45, 2.75) is 25.7 Å². The van der Waals surface area contributed by atoms with Crippen molar-refractivity contribution in [3.8, 4) is 5.75 Å². The van der Waals surface area contributed by atoms with E-state index in [0.717, 1.165) is 5.33 Å². The summed E-state index contributed by atoms with van der Waals surface area (Å²) >= 11 is 9.56. The van der Waals surface area contributed by atoms with Gasteiger partial charge in [0.05, 0.1) is 12.7 Å². The van der Waals surface area contributed by atoms with E-state index >= 15 is 0 Å². The number of hydrogen-bond acceptors (Lipinski definition) is 2. The second-order valence-corrected chi connectivity index (χ2v) is 6.60. The zero-order valence-corrected chi connectivity index (χ0v) is 14.5. The van der Waals surface area contributed by atoms with Crippen LogP contribution in [0.2, 0.25) is 5.02 Å². The number of alkyl halides is 1. The summed E-state index contributed by atoms with van der Waals surface area (Å²) in [5.41, 5.74) is 0.496. The van der Waals surface area contributed by atoms with E-state index in [1.54, 1.807) is 25.3 Å². The molecule has 1 amide bonds. The van der Waals surface area contributed by atoms with Gasteiger partial charge < -0.3 is 10.1 Å². The average Bonchev–Trinajstić information content (AvgIpc) is 2.52. The van der Waals surface area contributed by atoms with Crippen LogP contribution in [-0.4, -0.2) is 24.9 Å². The second kappa shape index (κ2) is 8.04. The van der Waals surface area contributed by atoms with E-state index in [1.165, 1.54) is 25.7 Å². The van der Waals surface area contributed by atoms with Crippen LogP contribution in [0.1, 0.15) is 36.0 Å². The van der Waals surface area contributed by atoms with Gasteiger partial charge in [0.25, 0.3) is 5.91 Å². The molecule has 1 aromatic carbocycles. The third kappa shape index (κ3) is 4.36. The lowest BCUT2D eigenvalue weighted by Gasteiger charge is -2.30. The number of methoxy groups -OCH3 is 1. The SMILES string of the molecule is COc1ccc(Cl)cc1C(=O)NCC1CCCCC1CBr. The van der Waals surface area contributed by atoms with Crippen LogP contribution in [0.4, 0.5) is 0 Å². The maximum absolute atomic E-state index is 12.4. The number of nitrogens with one attached hydrogen (secondary N) is 1. The maximum Gasteiger partial charge on any atom is 0.255 e. The summed E-state index contributed by atoms with van der Waals surface area (Å²) in [5, 5.41) is 4.58. The zero-order chi connectivity index (χ0) is 15.2. The molecule has 0 bridgehead atoms. The Bertz CT molecular complexity index is 495. The van der Waals surface area contributed by atoms with Crippen LogP contribution in [0.15, 0.2) is 18.2 Å². The van der Waals surface area contributed by atoms with Gasteiger partial charge in [0.15, 0.2) is 0 Å². The number of benzene rings is 1. The summed E-state index contributed by atoms with van der Waals surface area (Å²) in [6.07, 6.45) is 4.98. The first kappa shape index (κ1) is 16.6. The molecule has 1 saturated carbocycles. The average molecular weight is 375 g/mol. The summed E-state index contributed by atoms with van der Waals surface area (Å²) < 4.78 is 5.23. The highest BCUT2D eigenvalue weighted by Crippen LogP contribution is 2.31. The van der Waals surface area contributed by atoms with Crippen LogP contribution in [0, 0.1) is 11.8 Å². The molecular weight excluding hydrogens is 354 g/mol. The maximum atomic E-state index is 12.4. The highest BCUT2D eigenvalue weighted by Gasteiger charge is 2.25. The fourth-order valence-electron chi connectivity index (χ4n) is 2.93. The van der Waals surface area contributed by atoms with Crippen molar-refractivity contribution >= 4 is 33.4 Å². The minimum Gasteiger partial charge on any atom is -0.496 e. The number of amides is 1. The van der Waals surface area contributed by atoms with Crippen molar-refractivity contribution in [3.05, 3.63) is 28.8 Å². The van der Waals surface area contributed by atoms with Gasteiger partial charge in [-0.25, -0.2) is 0 Å². The molecule has 0 aliphatic heterocycles. The van der Waals surface area contributed by atoms with Crippen molar-refractivity contribution in [2.24, 2.45) is 11.8 Å². The lowest BCUT2D eigenvalue weighted by molar-refractivity contribution is 0.0934. The summed E-state index contributed by atoms with van der Waals surface area (Å²) in [6, 6.07) is 5.09. The van der Waals surface area contributed by atoms with Gasteiger partial charge in [-0.3, -0.25) is 4.79 Å².